The minimum atomic E-state index is -3.90. The molecule has 7 nitrogen and oxygen atoms in total. The highest BCUT2D eigenvalue weighted by molar-refractivity contribution is 7.89. The van der Waals surface area contributed by atoms with E-state index in [9.17, 15) is 16.8 Å². The van der Waals surface area contributed by atoms with Crippen molar-refractivity contribution < 1.29 is 16.8 Å². The Hall–Kier alpha value is -1.00. The normalized spacial score (nSPS) is 17.8. The van der Waals surface area contributed by atoms with Gasteiger partial charge in [0.2, 0.25) is 20.0 Å². The zero-order valence-electron chi connectivity index (χ0n) is 11.4. The van der Waals surface area contributed by atoms with Crippen LogP contribution >= 0.6 is 0 Å². The topological polar surface area (TPSA) is 132 Å². The third-order valence-electron chi connectivity index (χ3n) is 3.63. The number of piperidine rings is 1. The number of rotatable bonds is 4. The first-order chi connectivity index (χ1) is 9.68. The van der Waals surface area contributed by atoms with Gasteiger partial charge in [0.25, 0.3) is 0 Å². The smallest absolute Gasteiger partial charge is 0.238 e. The molecule has 0 saturated carbocycles. The van der Waals surface area contributed by atoms with Gasteiger partial charge in [-0.15, -0.1) is 0 Å². The molecule has 1 saturated heterocycles. The monoisotopic (exact) mass is 333 g/mol. The lowest BCUT2D eigenvalue weighted by Gasteiger charge is -2.23. The van der Waals surface area contributed by atoms with E-state index in [1.807, 2.05) is 0 Å². The van der Waals surface area contributed by atoms with Crippen molar-refractivity contribution in [3.05, 3.63) is 23.8 Å². The number of hydrogen-bond acceptors (Lipinski definition) is 5. The van der Waals surface area contributed by atoms with Gasteiger partial charge >= 0.3 is 0 Å². The molecule has 0 aliphatic carbocycles. The molecule has 1 aliphatic heterocycles. The first-order valence-electron chi connectivity index (χ1n) is 6.57. The molecule has 1 aromatic rings. The third kappa shape index (κ3) is 4.24. The molecule has 1 fully saturated rings. The molecule has 0 amide bonds. The SMILES string of the molecule is NS(=O)(=O)c1ccc(S(N)(=O)=O)c(CC2CCNCC2)c1. The molecule has 1 heterocycles. The third-order valence-corrected chi connectivity index (χ3v) is 5.56. The van der Waals surface area contributed by atoms with Gasteiger partial charge in [0.15, 0.2) is 0 Å². The van der Waals surface area contributed by atoms with E-state index in [2.05, 4.69) is 5.32 Å². The number of hydrogen-bond donors (Lipinski definition) is 3. The summed E-state index contributed by atoms with van der Waals surface area (Å²) in [5, 5.41) is 13.5. The lowest BCUT2D eigenvalue weighted by atomic mass is 9.91. The molecule has 0 atom stereocenters. The summed E-state index contributed by atoms with van der Waals surface area (Å²) in [6.45, 7) is 1.73. The summed E-state index contributed by atoms with van der Waals surface area (Å²) in [7, 11) is -7.77. The largest absolute Gasteiger partial charge is 0.317 e. The van der Waals surface area contributed by atoms with Crippen LogP contribution in [0.4, 0.5) is 0 Å². The minimum Gasteiger partial charge on any atom is -0.317 e. The molecule has 9 heteroatoms. The fraction of sp³-hybridized carbons (Fsp3) is 0.500. The van der Waals surface area contributed by atoms with Crippen LogP contribution in [-0.2, 0) is 26.5 Å². The summed E-state index contributed by atoms with van der Waals surface area (Å²) < 4.78 is 46.1. The van der Waals surface area contributed by atoms with Crippen molar-refractivity contribution in [2.45, 2.75) is 29.1 Å². The lowest BCUT2D eigenvalue weighted by molar-refractivity contribution is 0.371. The Bertz CT molecular complexity index is 723. The molecule has 1 aliphatic rings. The quantitative estimate of drug-likeness (QED) is 0.685. The van der Waals surface area contributed by atoms with Crippen LogP contribution in [0.1, 0.15) is 18.4 Å². The fourth-order valence-corrected chi connectivity index (χ4v) is 3.90. The van der Waals surface area contributed by atoms with Gasteiger partial charge in [-0.05, 0) is 62.0 Å². The second-order valence-electron chi connectivity index (χ2n) is 5.26. The number of primary sulfonamides is 2. The number of benzene rings is 1. The average Bonchev–Trinajstić information content (AvgIpc) is 2.37. The van der Waals surface area contributed by atoms with Gasteiger partial charge in [-0.1, -0.05) is 0 Å². The highest BCUT2D eigenvalue weighted by atomic mass is 32.2. The standard InChI is InChI=1S/C12H19N3O4S2/c13-20(16,17)11-1-2-12(21(14,18)19)10(8-11)7-9-3-5-15-6-4-9/h1-2,8-9,15H,3-7H2,(H2,13,16,17)(H2,14,18,19). The van der Waals surface area contributed by atoms with E-state index in [0.717, 1.165) is 25.9 Å². The van der Waals surface area contributed by atoms with Crippen molar-refractivity contribution in [2.24, 2.45) is 16.2 Å². The Kier molecular flexibility index (Phi) is 4.69. The maximum absolute atomic E-state index is 11.6. The van der Waals surface area contributed by atoms with Crippen molar-refractivity contribution in [3.63, 3.8) is 0 Å². The molecule has 1 aromatic carbocycles. The highest BCUT2D eigenvalue weighted by Crippen LogP contribution is 2.25. The minimum absolute atomic E-state index is 0.0339. The van der Waals surface area contributed by atoms with Gasteiger partial charge in [-0.3, -0.25) is 0 Å². The van der Waals surface area contributed by atoms with Gasteiger partial charge < -0.3 is 5.32 Å². The van der Waals surface area contributed by atoms with E-state index >= 15 is 0 Å². The van der Waals surface area contributed by atoms with Crippen LogP contribution in [0.15, 0.2) is 28.0 Å². The van der Waals surface area contributed by atoms with Gasteiger partial charge in [-0.2, -0.15) is 0 Å². The van der Waals surface area contributed by atoms with Crippen molar-refractivity contribution in [2.75, 3.05) is 13.1 Å². The predicted molar refractivity (Wildman–Crippen MR) is 78.5 cm³/mol. The first kappa shape index (κ1) is 16.4. The van der Waals surface area contributed by atoms with E-state index in [4.69, 9.17) is 10.3 Å². The molecule has 0 unspecified atom stereocenters. The van der Waals surface area contributed by atoms with Crippen molar-refractivity contribution in [1.29, 1.82) is 0 Å². The van der Waals surface area contributed by atoms with E-state index in [0.29, 0.717) is 17.9 Å². The molecular formula is C12H19N3O4S2. The summed E-state index contributed by atoms with van der Waals surface area (Å²) in [6.07, 6.45) is 2.28. The Balaban J connectivity index is 2.43. The zero-order chi connectivity index (χ0) is 15.7. The predicted octanol–water partition coefficient (Wildman–Crippen LogP) is -0.476. The van der Waals surface area contributed by atoms with Crippen LogP contribution in [0.2, 0.25) is 0 Å². The summed E-state index contributed by atoms with van der Waals surface area (Å²) in [4.78, 5) is -0.132. The molecule has 21 heavy (non-hydrogen) atoms. The maximum Gasteiger partial charge on any atom is 0.238 e. The second-order valence-corrected chi connectivity index (χ2v) is 8.35. The van der Waals surface area contributed by atoms with Crippen molar-refractivity contribution >= 4 is 20.0 Å². The Labute approximate surface area is 124 Å². The molecule has 2 rings (SSSR count). The zero-order valence-corrected chi connectivity index (χ0v) is 13.1. The van der Waals surface area contributed by atoms with Crippen LogP contribution in [-0.4, -0.2) is 29.9 Å². The lowest BCUT2D eigenvalue weighted by Crippen LogP contribution is -2.29. The molecule has 0 spiro atoms. The molecular weight excluding hydrogens is 314 g/mol. The summed E-state index contributed by atoms with van der Waals surface area (Å²) in [5.74, 6) is 0.294. The molecule has 0 aromatic heterocycles. The van der Waals surface area contributed by atoms with Crippen LogP contribution < -0.4 is 15.6 Å². The maximum atomic E-state index is 11.6. The average molecular weight is 333 g/mol. The summed E-state index contributed by atoms with van der Waals surface area (Å²) >= 11 is 0. The van der Waals surface area contributed by atoms with Crippen LogP contribution in [0.5, 0.6) is 0 Å². The summed E-state index contributed by atoms with van der Waals surface area (Å²) in [5.41, 5.74) is 0.413. The number of sulfonamides is 2. The Morgan fingerprint density at radius 2 is 1.67 bits per heavy atom. The van der Waals surface area contributed by atoms with Crippen molar-refractivity contribution in [1.82, 2.24) is 5.32 Å². The van der Waals surface area contributed by atoms with E-state index < -0.39 is 20.0 Å². The number of nitrogens with two attached hydrogens (primary N) is 2. The highest BCUT2D eigenvalue weighted by Gasteiger charge is 2.21. The van der Waals surface area contributed by atoms with Gasteiger partial charge in [0.05, 0.1) is 9.79 Å². The van der Waals surface area contributed by atoms with Gasteiger partial charge in [-0.25, -0.2) is 27.1 Å². The first-order valence-corrected chi connectivity index (χ1v) is 9.66. The van der Waals surface area contributed by atoms with Crippen molar-refractivity contribution in [3.8, 4) is 0 Å². The Morgan fingerprint density at radius 3 is 2.19 bits per heavy atom. The van der Waals surface area contributed by atoms with Crippen LogP contribution in [0.3, 0.4) is 0 Å². The van der Waals surface area contributed by atoms with Crippen LogP contribution in [0.25, 0.3) is 0 Å². The van der Waals surface area contributed by atoms with E-state index in [1.165, 1.54) is 18.2 Å². The molecule has 0 bridgehead atoms. The molecule has 118 valence electrons. The molecule has 0 radical (unpaired) electrons. The second kappa shape index (κ2) is 6.01. The Morgan fingerprint density at radius 1 is 1.05 bits per heavy atom. The fourth-order valence-electron chi connectivity index (χ4n) is 2.57. The molecule has 5 N–H and O–H groups in total. The van der Waals surface area contributed by atoms with Gasteiger partial charge in [0.1, 0.15) is 0 Å². The van der Waals surface area contributed by atoms with E-state index in [-0.39, 0.29) is 9.79 Å². The summed E-state index contributed by atoms with van der Waals surface area (Å²) in [6, 6.07) is 3.70. The van der Waals surface area contributed by atoms with Gasteiger partial charge in [0, 0.05) is 0 Å². The van der Waals surface area contributed by atoms with Crippen LogP contribution in [0, 0.1) is 5.92 Å². The van der Waals surface area contributed by atoms with E-state index in [1.54, 1.807) is 0 Å². The number of nitrogens with one attached hydrogen (secondary N) is 1.